The summed E-state index contributed by atoms with van der Waals surface area (Å²) in [6.07, 6.45) is 8.57. The molecule has 154 valence electrons. The highest BCUT2D eigenvalue weighted by Gasteiger charge is 2.36. The number of benzene rings is 2. The second kappa shape index (κ2) is 8.87. The van der Waals surface area contributed by atoms with Crippen LogP contribution >= 0.6 is 11.6 Å². The van der Waals surface area contributed by atoms with Crippen molar-refractivity contribution in [2.45, 2.75) is 57.8 Å². The van der Waals surface area contributed by atoms with Crippen molar-refractivity contribution in [3.8, 4) is 5.75 Å². The van der Waals surface area contributed by atoms with Gasteiger partial charge in [-0.05, 0) is 97.7 Å². The van der Waals surface area contributed by atoms with Gasteiger partial charge in [0, 0.05) is 5.02 Å². The summed E-state index contributed by atoms with van der Waals surface area (Å²) in [5.74, 6) is 2.24. The second-order valence-corrected chi connectivity index (χ2v) is 9.13. The molecule has 0 bridgehead atoms. The topological polar surface area (TPSA) is 26.3 Å². The van der Waals surface area contributed by atoms with Crippen LogP contribution in [-0.2, 0) is 0 Å². The summed E-state index contributed by atoms with van der Waals surface area (Å²) in [6, 6.07) is 11.4. The minimum atomic E-state index is -0.556. The van der Waals surface area contributed by atoms with E-state index in [4.69, 9.17) is 16.3 Å². The smallest absolute Gasteiger partial charge is 0.343 e. The zero-order chi connectivity index (χ0) is 20.4. The number of carbonyl (C=O) groups excluding carboxylic acids is 1. The molecule has 29 heavy (non-hydrogen) atoms. The summed E-state index contributed by atoms with van der Waals surface area (Å²) >= 11 is 5.84. The molecular formula is C25H28ClFO2. The number of esters is 1. The molecular weight excluding hydrogens is 387 g/mol. The Kier molecular flexibility index (Phi) is 6.24. The summed E-state index contributed by atoms with van der Waals surface area (Å²) in [7, 11) is 0. The summed E-state index contributed by atoms with van der Waals surface area (Å²) < 4.78 is 20.2. The molecule has 0 N–H and O–H groups in total. The van der Waals surface area contributed by atoms with Crippen molar-refractivity contribution in [2.24, 2.45) is 17.8 Å². The number of ether oxygens (including phenoxy) is 1. The van der Waals surface area contributed by atoms with E-state index in [0.717, 1.165) is 36.2 Å². The van der Waals surface area contributed by atoms with Crippen molar-refractivity contribution in [1.82, 2.24) is 0 Å². The van der Waals surface area contributed by atoms with Gasteiger partial charge in [-0.2, -0.15) is 0 Å². The fourth-order valence-electron chi connectivity index (χ4n) is 5.29. The zero-order valence-corrected chi connectivity index (χ0v) is 17.6. The van der Waals surface area contributed by atoms with E-state index in [1.807, 2.05) is 0 Å². The lowest BCUT2D eigenvalue weighted by atomic mass is 9.63. The van der Waals surface area contributed by atoms with Gasteiger partial charge in [-0.25, -0.2) is 9.18 Å². The Balaban J connectivity index is 1.42. The van der Waals surface area contributed by atoms with Gasteiger partial charge >= 0.3 is 5.97 Å². The maximum Gasteiger partial charge on any atom is 0.343 e. The Hall–Kier alpha value is -1.87. The van der Waals surface area contributed by atoms with Crippen molar-refractivity contribution >= 4 is 17.6 Å². The highest BCUT2D eigenvalue weighted by atomic mass is 35.5. The lowest BCUT2D eigenvalue weighted by molar-refractivity contribution is 0.0734. The molecule has 2 saturated carbocycles. The van der Waals surface area contributed by atoms with Crippen LogP contribution in [0.3, 0.4) is 0 Å². The zero-order valence-electron chi connectivity index (χ0n) is 16.9. The first-order valence-corrected chi connectivity index (χ1v) is 11.2. The standard InChI is InChI=1S/C25H28ClFO2/c1-2-16-3-4-18-14-19(6-5-17(18)13-16)23-12-7-20(15-24(23)27)25(28)29-22-10-8-21(26)9-11-22/h7-12,15-19H,2-6,13-14H2,1H3. The second-order valence-electron chi connectivity index (χ2n) is 8.70. The van der Waals surface area contributed by atoms with Crippen LogP contribution in [0.2, 0.25) is 5.02 Å². The molecule has 0 aliphatic heterocycles. The van der Waals surface area contributed by atoms with Gasteiger partial charge < -0.3 is 4.74 Å². The van der Waals surface area contributed by atoms with Gasteiger partial charge in [-0.1, -0.05) is 37.4 Å². The predicted molar refractivity (Wildman–Crippen MR) is 114 cm³/mol. The molecule has 2 aromatic carbocycles. The Morgan fingerprint density at radius 3 is 2.48 bits per heavy atom. The van der Waals surface area contributed by atoms with Crippen LogP contribution in [0.15, 0.2) is 42.5 Å². The first kappa shape index (κ1) is 20.4. The Morgan fingerprint density at radius 1 is 1.03 bits per heavy atom. The minimum absolute atomic E-state index is 0.235. The number of hydrogen-bond donors (Lipinski definition) is 0. The molecule has 4 atom stereocenters. The Labute approximate surface area is 177 Å². The first-order chi connectivity index (χ1) is 14.0. The molecule has 2 aliphatic carbocycles. The molecule has 0 heterocycles. The number of halogens is 2. The maximum absolute atomic E-state index is 14.9. The van der Waals surface area contributed by atoms with Crippen molar-refractivity contribution in [3.63, 3.8) is 0 Å². The van der Waals surface area contributed by atoms with Crippen molar-refractivity contribution < 1.29 is 13.9 Å². The molecule has 0 spiro atoms. The van der Waals surface area contributed by atoms with E-state index in [1.165, 1.54) is 38.2 Å². The summed E-state index contributed by atoms with van der Waals surface area (Å²) in [4.78, 5) is 12.4. The average molecular weight is 415 g/mol. The van der Waals surface area contributed by atoms with E-state index in [-0.39, 0.29) is 17.3 Å². The number of hydrogen-bond acceptors (Lipinski definition) is 2. The third kappa shape index (κ3) is 4.66. The SMILES string of the molecule is CCC1CCC2CC(c3ccc(C(=O)Oc4ccc(Cl)cc4)cc3F)CCC2C1. The molecule has 0 amide bonds. The first-order valence-electron chi connectivity index (χ1n) is 10.8. The maximum atomic E-state index is 14.9. The fourth-order valence-corrected chi connectivity index (χ4v) is 5.42. The lowest BCUT2D eigenvalue weighted by Gasteiger charge is -2.42. The lowest BCUT2D eigenvalue weighted by Crippen LogP contribution is -2.30. The van der Waals surface area contributed by atoms with Gasteiger partial charge in [0.25, 0.3) is 0 Å². The molecule has 0 radical (unpaired) electrons. The van der Waals surface area contributed by atoms with Crippen molar-refractivity contribution in [2.75, 3.05) is 0 Å². The van der Waals surface area contributed by atoms with Gasteiger partial charge in [0.1, 0.15) is 11.6 Å². The van der Waals surface area contributed by atoms with Crippen LogP contribution in [0, 0.1) is 23.6 Å². The molecule has 0 aromatic heterocycles. The van der Waals surface area contributed by atoms with Gasteiger partial charge in [-0.15, -0.1) is 0 Å². The monoisotopic (exact) mass is 414 g/mol. The quantitative estimate of drug-likeness (QED) is 0.384. The average Bonchev–Trinajstić information content (AvgIpc) is 2.74. The molecule has 2 fully saturated rings. The number of fused-ring (bicyclic) bond motifs is 1. The third-order valence-corrected chi connectivity index (χ3v) is 7.25. The van der Waals surface area contributed by atoms with E-state index < -0.39 is 5.97 Å². The van der Waals surface area contributed by atoms with Crippen molar-refractivity contribution in [1.29, 1.82) is 0 Å². The normalized spacial score (nSPS) is 26.6. The van der Waals surface area contributed by atoms with E-state index in [9.17, 15) is 9.18 Å². The molecule has 2 aromatic rings. The van der Waals surface area contributed by atoms with E-state index in [0.29, 0.717) is 10.8 Å². The number of rotatable bonds is 4. The van der Waals surface area contributed by atoms with Crippen LogP contribution < -0.4 is 4.74 Å². The Bertz CT molecular complexity index is 864. The molecule has 4 unspecified atom stereocenters. The van der Waals surface area contributed by atoms with E-state index in [1.54, 1.807) is 36.4 Å². The van der Waals surface area contributed by atoms with Crippen LogP contribution in [0.5, 0.6) is 5.75 Å². The predicted octanol–water partition coefficient (Wildman–Crippen LogP) is 7.41. The third-order valence-electron chi connectivity index (χ3n) is 7.00. The number of carbonyl (C=O) groups is 1. The largest absolute Gasteiger partial charge is 0.423 e. The van der Waals surface area contributed by atoms with Gasteiger partial charge in [0.15, 0.2) is 0 Å². The van der Waals surface area contributed by atoms with Gasteiger partial charge in [-0.3, -0.25) is 0 Å². The molecule has 4 rings (SSSR count). The van der Waals surface area contributed by atoms with Crippen LogP contribution in [0.1, 0.15) is 73.7 Å². The van der Waals surface area contributed by atoms with Crippen molar-refractivity contribution in [3.05, 3.63) is 64.4 Å². The summed E-state index contributed by atoms with van der Waals surface area (Å²) in [6.45, 7) is 2.30. The van der Waals surface area contributed by atoms with E-state index in [2.05, 4.69) is 6.92 Å². The van der Waals surface area contributed by atoms with Crippen LogP contribution in [-0.4, -0.2) is 5.97 Å². The highest BCUT2D eigenvalue weighted by Crippen LogP contribution is 2.48. The fraction of sp³-hybridized carbons (Fsp3) is 0.480. The minimum Gasteiger partial charge on any atom is -0.423 e. The van der Waals surface area contributed by atoms with Gasteiger partial charge in [0.2, 0.25) is 0 Å². The summed E-state index contributed by atoms with van der Waals surface area (Å²) in [5.41, 5.74) is 0.988. The molecule has 0 saturated heterocycles. The van der Waals surface area contributed by atoms with Crippen LogP contribution in [0.4, 0.5) is 4.39 Å². The van der Waals surface area contributed by atoms with Crippen LogP contribution in [0.25, 0.3) is 0 Å². The molecule has 2 nitrogen and oxygen atoms in total. The molecule has 2 aliphatic rings. The summed E-state index contributed by atoms with van der Waals surface area (Å²) in [5, 5.41) is 0.568. The van der Waals surface area contributed by atoms with Gasteiger partial charge in [0.05, 0.1) is 5.56 Å². The molecule has 4 heteroatoms. The highest BCUT2D eigenvalue weighted by molar-refractivity contribution is 6.30. The van der Waals surface area contributed by atoms with E-state index >= 15 is 0 Å². The Morgan fingerprint density at radius 2 is 1.76 bits per heavy atom.